The minimum absolute atomic E-state index is 0.127. The largest absolute Gasteiger partial charge is 0.455 e. The van der Waals surface area contributed by atoms with Crippen LogP contribution in [-0.4, -0.2) is 0 Å². The molecule has 0 saturated heterocycles. The number of hydrogen-bond donors (Lipinski definition) is 0. The van der Waals surface area contributed by atoms with Crippen LogP contribution in [0, 0.1) is 0 Å². The Morgan fingerprint density at radius 2 is 0.772 bits per heavy atom. The van der Waals surface area contributed by atoms with Crippen molar-refractivity contribution in [1.82, 2.24) is 0 Å². The van der Waals surface area contributed by atoms with Gasteiger partial charge in [-0.1, -0.05) is 195 Å². The second-order valence-corrected chi connectivity index (χ2v) is 25.1. The van der Waals surface area contributed by atoms with Crippen LogP contribution in [0.1, 0.15) is 99.9 Å². The molecule has 17 rings (SSSR count). The Labute approximate surface area is 460 Å². The molecule has 2 aromatic heterocycles. The van der Waals surface area contributed by atoms with E-state index in [1.807, 2.05) is 0 Å². The smallest absolute Gasteiger partial charge is 0.144 e. The van der Waals surface area contributed by atoms with E-state index in [9.17, 15) is 0 Å². The lowest BCUT2D eigenvalue weighted by atomic mass is 9.72. The van der Waals surface area contributed by atoms with E-state index in [2.05, 4.69) is 260 Å². The Morgan fingerprint density at radius 1 is 0.304 bits per heavy atom. The van der Waals surface area contributed by atoms with Crippen molar-refractivity contribution in [2.45, 2.75) is 77.0 Å². The Kier molecular flexibility index (Phi) is 8.57. The number of fused-ring (bicyclic) bond motifs is 23. The molecule has 0 radical (unpaired) electrons. The number of furan rings is 2. The van der Waals surface area contributed by atoms with Gasteiger partial charge in [0.15, 0.2) is 0 Å². The molecule has 79 heavy (non-hydrogen) atoms. The van der Waals surface area contributed by atoms with Gasteiger partial charge in [0, 0.05) is 71.4 Å². The van der Waals surface area contributed by atoms with Crippen LogP contribution in [0.4, 0.5) is 17.1 Å². The molecule has 2 heterocycles. The number of anilines is 3. The first-order valence-electron chi connectivity index (χ1n) is 28.2. The summed E-state index contributed by atoms with van der Waals surface area (Å²) in [6.45, 7) is 19.3. The lowest BCUT2D eigenvalue weighted by Gasteiger charge is -2.32. The summed E-state index contributed by atoms with van der Waals surface area (Å²) in [4.78, 5) is 2.50. The highest BCUT2D eigenvalue weighted by atomic mass is 16.3. The molecule has 0 atom stereocenters. The third-order valence-corrected chi connectivity index (χ3v) is 19.6. The van der Waals surface area contributed by atoms with Crippen LogP contribution in [0.25, 0.3) is 110 Å². The summed E-state index contributed by atoms with van der Waals surface area (Å²) in [6.07, 6.45) is 0. The molecule has 0 amide bonds. The summed E-state index contributed by atoms with van der Waals surface area (Å²) in [5, 5.41) is 7.16. The van der Waals surface area contributed by atoms with Crippen molar-refractivity contribution < 1.29 is 8.83 Å². The highest BCUT2D eigenvalue weighted by Gasteiger charge is 2.49. The molecule has 3 heteroatoms. The maximum Gasteiger partial charge on any atom is 0.144 e. The van der Waals surface area contributed by atoms with Crippen LogP contribution in [0.2, 0.25) is 0 Å². The first-order valence-corrected chi connectivity index (χ1v) is 28.2. The number of hydrogen-bond acceptors (Lipinski definition) is 3. The van der Waals surface area contributed by atoms with Crippen molar-refractivity contribution in [2.24, 2.45) is 0 Å². The van der Waals surface area contributed by atoms with Crippen molar-refractivity contribution >= 4 is 71.7 Å². The summed E-state index contributed by atoms with van der Waals surface area (Å²) in [6, 6.07) is 75.0. The van der Waals surface area contributed by atoms with E-state index in [-0.39, 0.29) is 21.7 Å². The predicted octanol–water partition coefficient (Wildman–Crippen LogP) is 21.0. The van der Waals surface area contributed by atoms with Gasteiger partial charge in [-0.05, 0) is 160 Å². The van der Waals surface area contributed by atoms with Gasteiger partial charge >= 0.3 is 0 Å². The van der Waals surface area contributed by atoms with Crippen LogP contribution >= 0.6 is 0 Å². The van der Waals surface area contributed by atoms with Crippen LogP contribution in [0.3, 0.4) is 0 Å². The van der Waals surface area contributed by atoms with Crippen molar-refractivity contribution in [3.63, 3.8) is 0 Å². The third kappa shape index (κ3) is 5.67. The lowest BCUT2D eigenvalue weighted by Crippen LogP contribution is -2.24. The van der Waals surface area contributed by atoms with E-state index < -0.39 is 0 Å². The molecule has 0 aliphatic heterocycles. The summed E-state index contributed by atoms with van der Waals surface area (Å²) in [7, 11) is 0. The zero-order chi connectivity index (χ0) is 53.2. The Hall–Kier alpha value is -8.92. The molecule has 0 bridgehead atoms. The molecular weight excluding hydrogens is 959 g/mol. The van der Waals surface area contributed by atoms with Gasteiger partial charge < -0.3 is 13.7 Å². The average Bonchev–Trinajstić information content (AvgIpc) is 3.75. The molecule has 4 aliphatic rings. The highest BCUT2D eigenvalue weighted by molar-refractivity contribution is 6.22. The zero-order valence-corrected chi connectivity index (χ0v) is 45.8. The maximum absolute atomic E-state index is 7.10. The van der Waals surface area contributed by atoms with Gasteiger partial charge in [0.25, 0.3) is 0 Å². The van der Waals surface area contributed by atoms with E-state index in [0.29, 0.717) is 0 Å². The number of nitrogens with zero attached hydrogens (tertiary/aromatic N) is 1. The van der Waals surface area contributed by atoms with Gasteiger partial charge in [0.1, 0.15) is 22.3 Å². The minimum Gasteiger partial charge on any atom is -0.455 e. The second kappa shape index (κ2) is 15.0. The van der Waals surface area contributed by atoms with E-state index >= 15 is 0 Å². The SMILES string of the molecule is CC1(C)c2ccccc2-c2ccc(-c3cc4c(c5c3oc3ccccc35)-c3ccc(N(c5ccc6c(c5)C(C)(C)c5c7c(c8c(oc9ccccc98)c5-6)-c5ccccc5C7(C)C)c5ccc6ccccc6c5)cc3C4(C)C)cc21. The lowest BCUT2D eigenvalue weighted by molar-refractivity contribution is 0.600. The third-order valence-electron chi connectivity index (χ3n) is 19.6. The summed E-state index contributed by atoms with van der Waals surface area (Å²) < 4.78 is 14.1. The Morgan fingerprint density at radius 3 is 1.49 bits per heavy atom. The van der Waals surface area contributed by atoms with Crippen LogP contribution in [0.5, 0.6) is 0 Å². The number of benzene rings is 11. The van der Waals surface area contributed by atoms with Crippen molar-refractivity contribution in [1.29, 1.82) is 0 Å². The average molecular weight is 1020 g/mol. The second-order valence-electron chi connectivity index (χ2n) is 25.1. The molecule has 3 nitrogen and oxygen atoms in total. The molecule has 378 valence electrons. The van der Waals surface area contributed by atoms with Crippen molar-refractivity contribution in [3.05, 3.63) is 245 Å². The van der Waals surface area contributed by atoms with Gasteiger partial charge in [-0.3, -0.25) is 0 Å². The zero-order valence-electron chi connectivity index (χ0n) is 45.8. The molecule has 0 fully saturated rings. The van der Waals surface area contributed by atoms with E-state index in [4.69, 9.17) is 8.83 Å². The van der Waals surface area contributed by atoms with E-state index in [1.165, 1.54) is 122 Å². The number of rotatable bonds is 4. The molecule has 0 N–H and O–H groups in total. The predicted molar refractivity (Wildman–Crippen MR) is 329 cm³/mol. The fourth-order valence-corrected chi connectivity index (χ4v) is 15.7. The normalized spacial score (nSPS) is 16.0. The van der Waals surface area contributed by atoms with E-state index in [0.717, 1.165) is 50.3 Å². The first kappa shape index (κ1) is 45.1. The standard InChI is InChI=1S/C76H57NO2/c1-73(2)56-25-15-11-21-48(56)49-34-30-44(38-58(49)73)55-41-61-64(66-53-23-13-17-27-62(53)78-71(55)66)51-35-32-46(39-59(51)74(61,3)4)77(45-31-29-42-19-9-10-20-43(42)37-45)47-33-36-52-60(40-47)76(7,8)70-68(52)72-67(54-24-14-18-28-63(54)79-72)65-50-22-12-16-26-57(50)75(5,6)69(65)70/h9-41H,1-8H3. The van der Waals surface area contributed by atoms with Crippen LogP contribution in [0.15, 0.2) is 209 Å². The van der Waals surface area contributed by atoms with Gasteiger partial charge in [-0.15, -0.1) is 0 Å². The first-order chi connectivity index (χ1) is 38.2. The van der Waals surface area contributed by atoms with E-state index in [1.54, 1.807) is 0 Å². The number of para-hydroxylation sites is 2. The monoisotopic (exact) mass is 1020 g/mol. The van der Waals surface area contributed by atoms with Crippen LogP contribution in [-0.2, 0) is 21.7 Å². The summed E-state index contributed by atoms with van der Waals surface area (Å²) >= 11 is 0. The molecule has 0 saturated carbocycles. The summed E-state index contributed by atoms with van der Waals surface area (Å²) in [5.74, 6) is 0. The van der Waals surface area contributed by atoms with Gasteiger partial charge in [0.2, 0.25) is 0 Å². The fourth-order valence-electron chi connectivity index (χ4n) is 15.7. The summed E-state index contributed by atoms with van der Waals surface area (Å²) in [5.41, 5.74) is 29.5. The topological polar surface area (TPSA) is 29.5 Å². The minimum atomic E-state index is -0.358. The van der Waals surface area contributed by atoms with Crippen LogP contribution < -0.4 is 4.90 Å². The van der Waals surface area contributed by atoms with Crippen molar-refractivity contribution in [2.75, 3.05) is 4.90 Å². The highest BCUT2D eigenvalue weighted by Crippen LogP contribution is 2.64. The van der Waals surface area contributed by atoms with Gasteiger partial charge in [0.05, 0.1) is 0 Å². The van der Waals surface area contributed by atoms with Gasteiger partial charge in [-0.2, -0.15) is 0 Å². The molecule has 0 unspecified atom stereocenters. The maximum atomic E-state index is 7.10. The quantitative estimate of drug-likeness (QED) is 0.176. The van der Waals surface area contributed by atoms with Crippen molar-refractivity contribution in [3.8, 4) is 55.6 Å². The Balaban J connectivity index is 0.866. The fraction of sp³-hybridized carbons (Fsp3) is 0.158. The molecular formula is C76H57NO2. The molecule has 13 aromatic rings. The molecule has 11 aromatic carbocycles. The van der Waals surface area contributed by atoms with Gasteiger partial charge in [-0.25, -0.2) is 0 Å². The molecule has 4 aliphatic carbocycles. The Bertz CT molecular complexity index is 4910. The molecule has 0 spiro atoms.